The van der Waals surface area contributed by atoms with Crippen molar-refractivity contribution in [2.24, 2.45) is 0 Å². The molecule has 1 atom stereocenters. The van der Waals surface area contributed by atoms with Crippen molar-refractivity contribution in [1.29, 1.82) is 0 Å². The molecule has 3 heterocycles. The molecule has 5 heteroatoms. The number of hydrogen-bond donors (Lipinski definition) is 1. The number of likely N-dealkylation sites (tertiary alicyclic amines) is 1. The lowest BCUT2D eigenvalue weighted by Gasteiger charge is -2.32. The van der Waals surface area contributed by atoms with E-state index in [9.17, 15) is 0 Å². The summed E-state index contributed by atoms with van der Waals surface area (Å²) in [5, 5.41) is 9.07. The minimum Gasteiger partial charge on any atom is -0.361 e. The van der Waals surface area contributed by atoms with E-state index in [1.165, 1.54) is 29.3 Å². The first-order valence-corrected chi connectivity index (χ1v) is 7.36. The summed E-state index contributed by atoms with van der Waals surface area (Å²) in [6.45, 7) is 3.50. The summed E-state index contributed by atoms with van der Waals surface area (Å²) in [4.78, 5) is 5.88. The third kappa shape index (κ3) is 1.81. The predicted molar refractivity (Wildman–Crippen MR) is 82.4 cm³/mol. The Bertz CT molecular complexity index is 773. The van der Waals surface area contributed by atoms with Crippen molar-refractivity contribution in [1.82, 2.24) is 24.6 Å². The van der Waals surface area contributed by atoms with Gasteiger partial charge in [-0.15, -0.1) is 10.2 Å². The maximum atomic E-state index is 3.89. The fourth-order valence-corrected chi connectivity index (χ4v) is 3.49. The predicted octanol–water partition coefficient (Wildman–Crippen LogP) is 2.69. The van der Waals surface area contributed by atoms with Gasteiger partial charge in [-0.1, -0.05) is 0 Å². The molecule has 1 saturated heterocycles. The van der Waals surface area contributed by atoms with Gasteiger partial charge < -0.3 is 4.98 Å². The molecule has 21 heavy (non-hydrogen) atoms. The van der Waals surface area contributed by atoms with Gasteiger partial charge >= 0.3 is 0 Å². The largest absolute Gasteiger partial charge is 0.361 e. The molecule has 4 rings (SSSR count). The smallest absolute Gasteiger partial charge is 0.123 e. The lowest BCUT2D eigenvalue weighted by atomic mass is 9.89. The molecule has 0 bridgehead atoms. The second kappa shape index (κ2) is 4.43. The highest BCUT2D eigenvalue weighted by Crippen LogP contribution is 2.40. The molecule has 0 unspecified atom stereocenters. The molecule has 2 aromatic heterocycles. The van der Waals surface area contributed by atoms with Crippen molar-refractivity contribution in [3.63, 3.8) is 0 Å². The first-order valence-electron chi connectivity index (χ1n) is 7.36. The number of benzene rings is 1. The molecule has 0 aliphatic carbocycles. The number of nitrogens with one attached hydrogen (secondary N) is 1. The highest BCUT2D eigenvalue weighted by Gasteiger charge is 2.37. The van der Waals surface area contributed by atoms with Crippen LogP contribution in [0.15, 0.2) is 37.1 Å². The fraction of sp³-hybridized carbons (Fsp3) is 0.375. The lowest BCUT2D eigenvalue weighted by molar-refractivity contribution is 0.199. The van der Waals surface area contributed by atoms with Crippen LogP contribution in [-0.4, -0.2) is 38.2 Å². The van der Waals surface area contributed by atoms with Gasteiger partial charge in [-0.05, 0) is 57.1 Å². The zero-order chi connectivity index (χ0) is 14.4. The first kappa shape index (κ1) is 12.6. The molecular weight excluding hydrogens is 262 g/mol. The van der Waals surface area contributed by atoms with Gasteiger partial charge in [0, 0.05) is 28.3 Å². The summed E-state index contributed by atoms with van der Waals surface area (Å²) >= 11 is 0. The normalized spacial score (nSPS) is 23.1. The van der Waals surface area contributed by atoms with E-state index in [0.717, 1.165) is 12.2 Å². The average molecular weight is 281 g/mol. The van der Waals surface area contributed by atoms with Crippen molar-refractivity contribution in [2.75, 3.05) is 13.6 Å². The third-order valence-electron chi connectivity index (χ3n) is 4.96. The Morgan fingerprint density at radius 1 is 1.24 bits per heavy atom. The van der Waals surface area contributed by atoms with E-state index in [2.05, 4.69) is 58.4 Å². The molecule has 0 radical (unpaired) electrons. The van der Waals surface area contributed by atoms with E-state index >= 15 is 0 Å². The van der Waals surface area contributed by atoms with Gasteiger partial charge in [-0.3, -0.25) is 9.47 Å². The molecule has 0 saturated carbocycles. The molecule has 0 amide bonds. The molecule has 5 nitrogen and oxygen atoms in total. The van der Waals surface area contributed by atoms with Crippen LogP contribution in [0.3, 0.4) is 0 Å². The summed E-state index contributed by atoms with van der Waals surface area (Å²) in [5.41, 5.74) is 3.78. The molecular formula is C16H19N5. The van der Waals surface area contributed by atoms with E-state index in [-0.39, 0.29) is 5.54 Å². The molecule has 1 fully saturated rings. The summed E-state index contributed by atoms with van der Waals surface area (Å²) in [5.74, 6) is 0. The molecule has 1 aliphatic heterocycles. The van der Waals surface area contributed by atoms with Crippen LogP contribution in [0.4, 0.5) is 0 Å². The molecule has 1 aromatic carbocycles. The topological polar surface area (TPSA) is 49.7 Å². The Balaban J connectivity index is 1.89. The summed E-state index contributed by atoms with van der Waals surface area (Å²) in [6, 6.07) is 6.45. The molecule has 3 aromatic rings. The second-order valence-corrected chi connectivity index (χ2v) is 6.10. The zero-order valence-electron chi connectivity index (χ0n) is 12.4. The van der Waals surface area contributed by atoms with Gasteiger partial charge in [0.1, 0.15) is 12.7 Å². The maximum absolute atomic E-state index is 3.89. The monoisotopic (exact) mass is 281 g/mol. The first-order chi connectivity index (χ1) is 10.2. The number of rotatable bonds is 2. The summed E-state index contributed by atoms with van der Waals surface area (Å²) < 4.78 is 1.94. The van der Waals surface area contributed by atoms with Crippen LogP contribution < -0.4 is 0 Å². The van der Waals surface area contributed by atoms with E-state index in [1.807, 2.05) is 4.57 Å². The SMILES string of the molecule is CN1CCC[C@@]1(C)c1c[nH]c2ccc(-n3cnnc3)cc12. The van der Waals surface area contributed by atoms with Gasteiger partial charge in [0.05, 0.1) is 0 Å². The maximum Gasteiger partial charge on any atom is 0.123 e. The van der Waals surface area contributed by atoms with Crippen molar-refractivity contribution >= 4 is 10.9 Å². The molecule has 108 valence electrons. The third-order valence-corrected chi connectivity index (χ3v) is 4.96. The number of aromatic nitrogens is 4. The number of hydrogen-bond acceptors (Lipinski definition) is 3. The van der Waals surface area contributed by atoms with E-state index < -0.39 is 0 Å². The number of fused-ring (bicyclic) bond motifs is 1. The Morgan fingerprint density at radius 2 is 2.05 bits per heavy atom. The lowest BCUT2D eigenvalue weighted by Crippen LogP contribution is -2.35. The standard InChI is InChI=1S/C16H19N5/c1-16(6-3-7-20(16)2)14-9-17-15-5-4-12(8-13(14)15)21-10-18-19-11-21/h4-5,8-11,17H,3,6-7H2,1-2H3/t16-/m0/s1. The Kier molecular flexibility index (Phi) is 2.65. The van der Waals surface area contributed by atoms with Gasteiger partial charge in [-0.2, -0.15) is 0 Å². The van der Waals surface area contributed by atoms with Crippen LogP contribution in [-0.2, 0) is 5.54 Å². The Morgan fingerprint density at radius 3 is 2.76 bits per heavy atom. The Labute approximate surface area is 123 Å². The van der Waals surface area contributed by atoms with Gasteiger partial charge in [0.25, 0.3) is 0 Å². The van der Waals surface area contributed by atoms with Crippen LogP contribution in [0.5, 0.6) is 0 Å². The average Bonchev–Trinajstić information content (AvgIpc) is 3.20. The minimum atomic E-state index is 0.115. The number of nitrogens with zero attached hydrogens (tertiary/aromatic N) is 4. The van der Waals surface area contributed by atoms with Crippen molar-refractivity contribution in [2.45, 2.75) is 25.3 Å². The van der Waals surface area contributed by atoms with Crippen molar-refractivity contribution in [3.05, 3.63) is 42.6 Å². The highest BCUT2D eigenvalue weighted by molar-refractivity contribution is 5.86. The summed E-state index contributed by atoms with van der Waals surface area (Å²) in [7, 11) is 2.22. The van der Waals surface area contributed by atoms with Gasteiger partial charge in [0.15, 0.2) is 0 Å². The quantitative estimate of drug-likeness (QED) is 0.785. The molecule has 1 N–H and O–H groups in total. The molecule has 0 spiro atoms. The highest BCUT2D eigenvalue weighted by atomic mass is 15.2. The zero-order valence-corrected chi connectivity index (χ0v) is 12.4. The van der Waals surface area contributed by atoms with Gasteiger partial charge in [0.2, 0.25) is 0 Å². The van der Waals surface area contributed by atoms with Crippen molar-refractivity contribution < 1.29 is 0 Å². The number of H-pyrrole nitrogens is 1. The van der Waals surface area contributed by atoms with E-state index in [1.54, 1.807) is 12.7 Å². The minimum absolute atomic E-state index is 0.115. The second-order valence-electron chi connectivity index (χ2n) is 6.10. The van der Waals surface area contributed by atoms with Crippen LogP contribution in [0, 0.1) is 0 Å². The van der Waals surface area contributed by atoms with E-state index in [4.69, 9.17) is 0 Å². The van der Waals surface area contributed by atoms with E-state index in [0.29, 0.717) is 0 Å². The van der Waals surface area contributed by atoms with Gasteiger partial charge in [-0.25, -0.2) is 0 Å². The molecule has 1 aliphatic rings. The van der Waals surface area contributed by atoms with Crippen LogP contribution >= 0.6 is 0 Å². The summed E-state index contributed by atoms with van der Waals surface area (Å²) in [6.07, 6.45) is 8.09. The van der Waals surface area contributed by atoms with Crippen molar-refractivity contribution in [3.8, 4) is 5.69 Å². The fourth-order valence-electron chi connectivity index (χ4n) is 3.49. The van der Waals surface area contributed by atoms with Crippen LogP contribution in [0.25, 0.3) is 16.6 Å². The Hall–Kier alpha value is -2.14. The number of aromatic amines is 1. The van der Waals surface area contributed by atoms with Crippen LogP contribution in [0.2, 0.25) is 0 Å². The van der Waals surface area contributed by atoms with Crippen LogP contribution in [0.1, 0.15) is 25.3 Å².